The lowest BCUT2D eigenvalue weighted by atomic mass is 9.85. The summed E-state index contributed by atoms with van der Waals surface area (Å²) in [6.45, 7) is 6.39. The first kappa shape index (κ1) is 17.0. The number of carbonyl (C=O) groups excluding carboxylic acids is 1. The molecule has 128 valence electrons. The third kappa shape index (κ3) is 2.87. The number of carbonyl (C=O) groups is 1. The summed E-state index contributed by atoms with van der Waals surface area (Å²) in [6, 6.07) is 15.3. The molecule has 3 rings (SSSR count). The van der Waals surface area contributed by atoms with Crippen LogP contribution < -0.4 is 9.80 Å². The Morgan fingerprint density at radius 1 is 1.12 bits per heavy atom. The van der Waals surface area contributed by atoms with Crippen molar-refractivity contribution in [2.75, 3.05) is 23.9 Å². The van der Waals surface area contributed by atoms with Crippen LogP contribution in [-0.4, -0.2) is 20.0 Å². The maximum absolute atomic E-state index is 13.0. The van der Waals surface area contributed by atoms with Crippen LogP contribution >= 0.6 is 0 Å². The van der Waals surface area contributed by atoms with E-state index in [2.05, 4.69) is 26.8 Å². The average Bonchev–Trinajstić information content (AvgIpc) is 2.85. The van der Waals surface area contributed by atoms with Gasteiger partial charge in [0, 0.05) is 36.6 Å². The average molecular weight is 333 g/mol. The third-order valence-corrected chi connectivity index (χ3v) is 4.67. The summed E-state index contributed by atoms with van der Waals surface area (Å²) in [6.07, 6.45) is 0. The molecule has 0 bridgehead atoms. The van der Waals surface area contributed by atoms with Crippen LogP contribution in [0.4, 0.5) is 11.4 Å². The first-order valence-corrected chi connectivity index (χ1v) is 8.39. The quantitative estimate of drug-likeness (QED) is 0.824. The monoisotopic (exact) mass is 333 g/mol. The molecule has 4 heteroatoms. The van der Waals surface area contributed by atoms with Crippen LogP contribution in [0.15, 0.2) is 42.5 Å². The Bertz CT molecular complexity index is 871. The predicted molar refractivity (Wildman–Crippen MR) is 101 cm³/mol. The highest BCUT2D eigenvalue weighted by atomic mass is 16.2. The summed E-state index contributed by atoms with van der Waals surface area (Å²) < 4.78 is 0. The van der Waals surface area contributed by atoms with E-state index >= 15 is 0 Å². The Hall–Kier alpha value is -2.80. The van der Waals surface area contributed by atoms with Gasteiger partial charge in [-0.1, -0.05) is 39.0 Å². The fourth-order valence-electron chi connectivity index (χ4n) is 3.15. The molecule has 1 heterocycles. The molecule has 1 aliphatic rings. The van der Waals surface area contributed by atoms with Crippen molar-refractivity contribution >= 4 is 17.3 Å². The summed E-state index contributed by atoms with van der Waals surface area (Å²) in [5.74, 6) is -0.113. The zero-order valence-electron chi connectivity index (χ0n) is 15.4. The molecule has 0 saturated carbocycles. The van der Waals surface area contributed by atoms with Crippen molar-refractivity contribution in [3.05, 3.63) is 59.2 Å². The zero-order chi connectivity index (χ0) is 18.4. The van der Waals surface area contributed by atoms with Crippen LogP contribution in [-0.2, 0) is 5.41 Å². The second-order valence-corrected chi connectivity index (χ2v) is 7.67. The van der Waals surface area contributed by atoms with Gasteiger partial charge in [-0.3, -0.25) is 9.69 Å². The lowest BCUT2D eigenvalue weighted by molar-refractivity contribution is 0.0994. The summed E-state index contributed by atoms with van der Waals surface area (Å²) in [5, 5.41) is 9.78. The van der Waals surface area contributed by atoms with Gasteiger partial charge in [0.25, 0.3) is 5.91 Å². The highest BCUT2D eigenvalue weighted by molar-refractivity contribution is 6.11. The van der Waals surface area contributed by atoms with Gasteiger partial charge in [-0.2, -0.15) is 5.26 Å². The van der Waals surface area contributed by atoms with Gasteiger partial charge in [0.2, 0.25) is 0 Å². The van der Waals surface area contributed by atoms with Crippen molar-refractivity contribution in [1.82, 2.24) is 0 Å². The van der Waals surface area contributed by atoms with Gasteiger partial charge in [0.1, 0.15) is 0 Å². The normalized spacial score (nSPS) is 16.6. The highest BCUT2D eigenvalue weighted by Gasteiger charge is 2.38. The molecule has 0 spiro atoms. The second-order valence-electron chi connectivity index (χ2n) is 7.67. The molecular formula is C21H23N3O. The van der Waals surface area contributed by atoms with E-state index in [1.807, 2.05) is 61.5 Å². The van der Waals surface area contributed by atoms with Gasteiger partial charge in [0.05, 0.1) is 6.07 Å². The number of nitrogens with zero attached hydrogens (tertiary/aromatic N) is 3. The molecule has 1 atom stereocenters. The SMILES string of the molecule is CN(C)c1cccc(N2C(=O)c3ccc(C(C)(C)C)cc3C2C#N)c1. The molecule has 1 aliphatic heterocycles. The number of hydrogen-bond acceptors (Lipinski definition) is 3. The van der Waals surface area contributed by atoms with Crippen LogP contribution in [0.25, 0.3) is 0 Å². The Kier molecular flexibility index (Phi) is 4.04. The minimum Gasteiger partial charge on any atom is -0.378 e. The van der Waals surface area contributed by atoms with Gasteiger partial charge >= 0.3 is 0 Å². The number of amides is 1. The molecule has 0 radical (unpaired) electrons. The number of anilines is 2. The summed E-state index contributed by atoms with van der Waals surface area (Å²) in [5.41, 5.74) is 4.26. The topological polar surface area (TPSA) is 47.3 Å². The maximum atomic E-state index is 13.0. The first-order valence-electron chi connectivity index (χ1n) is 8.39. The van der Waals surface area contributed by atoms with E-state index in [-0.39, 0.29) is 11.3 Å². The van der Waals surface area contributed by atoms with Crippen LogP contribution in [0.1, 0.15) is 48.3 Å². The van der Waals surface area contributed by atoms with Crippen molar-refractivity contribution < 1.29 is 4.79 Å². The van der Waals surface area contributed by atoms with Crippen LogP contribution in [0.3, 0.4) is 0 Å². The molecule has 4 nitrogen and oxygen atoms in total. The van der Waals surface area contributed by atoms with Crippen molar-refractivity contribution in [1.29, 1.82) is 5.26 Å². The molecule has 0 aromatic heterocycles. The fraction of sp³-hybridized carbons (Fsp3) is 0.333. The van der Waals surface area contributed by atoms with Crippen LogP contribution in [0.5, 0.6) is 0 Å². The summed E-state index contributed by atoms with van der Waals surface area (Å²) >= 11 is 0. The van der Waals surface area contributed by atoms with Gasteiger partial charge in [-0.25, -0.2) is 0 Å². The third-order valence-electron chi connectivity index (χ3n) is 4.67. The van der Waals surface area contributed by atoms with E-state index < -0.39 is 6.04 Å². The van der Waals surface area contributed by atoms with E-state index in [1.54, 1.807) is 4.90 Å². The fourth-order valence-corrected chi connectivity index (χ4v) is 3.15. The molecule has 0 saturated heterocycles. The van der Waals surface area contributed by atoms with Gasteiger partial charge in [0.15, 0.2) is 6.04 Å². The second kappa shape index (κ2) is 5.93. The van der Waals surface area contributed by atoms with Crippen molar-refractivity contribution in [3.63, 3.8) is 0 Å². The molecule has 0 fully saturated rings. The first-order chi connectivity index (χ1) is 11.7. The predicted octanol–water partition coefficient (Wildman–Crippen LogP) is 4.28. The number of hydrogen-bond donors (Lipinski definition) is 0. The molecule has 2 aromatic carbocycles. The zero-order valence-corrected chi connectivity index (χ0v) is 15.4. The Balaban J connectivity index is 2.10. The van der Waals surface area contributed by atoms with E-state index in [1.165, 1.54) is 0 Å². The van der Waals surface area contributed by atoms with E-state index in [0.29, 0.717) is 5.56 Å². The number of benzene rings is 2. The Morgan fingerprint density at radius 2 is 1.84 bits per heavy atom. The summed E-state index contributed by atoms with van der Waals surface area (Å²) in [4.78, 5) is 16.6. The molecule has 25 heavy (non-hydrogen) atoms. The lowest BCUT2D eigenvalue weighted by Crippen LogP contribution is -2.27. The van der Waals surface area contributed by atoms with Crippen LogP contribution in [0.2, 0.25) is 0 Å². The molecular weight excluding hydrogens is 310 g/mol. The highest BCUT2D eigenvalue weighted by Crippen LogP contribution is 2.39. The lowest BCUT2D eigenvalue weighted by Gasteiger charge is -2.23. The number of fused-ring (bicyclic) bond motifs is 1. The van der Waals surface area contributed by atoms with Gasteiger partial charge < -0.3 is 4.90 Å². The van der Waals surface area contributed by atoms with E-state index in [0.717, 1.165) is 22.5 Å². The Labute approximate surface area is 149 Å². The van der Waals surface area contributed by atoms with E-state index in [4.69, 9.17) is 0 Å². The van der Waals surface area contributed by atoms with E-state index in [9.17, 15) is 10.1 Å². The Morgan fingerprint density at radius 3 is 2.44 bits per heavy atom. The van der Waals surface area contributed by atoms with Gasteiger partial charge in [-0.15, -0.1) is 0 Å². The van der Waals surface area contributed by atoms with Crippen molar-refractivity contribution in [3.8, 4) is 6.07 Å². The molecule has 1 amide bonds. The number of nitriles is 1. The molecule has 2 aromatic rings. The maximum Gasteiger partial charge on any atom is 0.260 e. The molecule has 0 aliphatic carbocycles. The molecule has 0 N–H and O–H groups in total. The minimum atomic E-state index is -0.595. The summed E-state index contributed by atoms with van der Waals surface area (Å²) in [7, 11) is 3.91. The van der Waals surface area contributed by atoms with Crippen molar-refractivity contribution in [2.24, 2.45) is 0 Å². The number of rotatable bonds is 2. The van der Waals surface area contributed by atoms with Crippen molar-refractivity contribution in [2.45, 2.75) is 32.2 Å². The molecule has 1 unspecified atom stereocenters. The van der Waals surface area contributed by atoms with Gasteiger partial charge in [-0.05, 0) is 35.2 Å². The largest absolute Gasteiger partial charge is 0.378 e. The van der Waals surface area contributed by atoms with Crippen LogP contribution in [0, 0.1) is 11.3 Å². The smallest absolute Gasteiger partial charge is 0.260 e. The standard InChI is InChI=1S/C21H23N3O/c1-21(2,3)14-9-10-17-18(11-14)19(13-22)24(20(17)25)16-8-6-7-15(12-16)23(4)5/h6-12,19H,1-5H3. The minimum absolute atomic E-state index is 0.0314.